The van der Waals surface area contributed by atoms with Crippen LogP contribution in [-0.4, -0.2) is 42.1 Å². The molecular weight excluding hydrogens is 230 g/mol. The lowest BCUT2D eigenvalue weighted by Crippen LogP contribution is -2.42. The van der Waals surface area contributed by atoms with Crippen LogP contribution in [-0.2, 0) is 11.3 Å². The van der Waals surface area contributed by atoms with Crippen LogP contribution in [0, 0.1) is 0 Å². The number of likely N-dealkylation sites (tertiary alicyclic amines) is 1. The molecule has 0 amide bonds. The fourth-order valence-corrected chi connectivity index (χ4v) is 2.22. The fraction of sp³-hybridized carbons (Fsp3) is 0.538. The number of rotatable bonds is 3. The van der Waals surface area contributed by atoms with Crippen LogP contribution >= 0.6 is 0 Å². The molecule has 1 aromatic rings. The van der Waals surface area contributed by atoms with Crippen molar-refractivity contribution in [1.82, 2.24) is 9.88 Å². The van der Waals surface area contributed by atoms with Gasteiger partial charge in [0.05, 0.1) is 18.4 Å². The van der Waals surface area contributed by atoms with E-state index >= 15 is 0 Å². The summed E-state index contributed by atoms with van der Waals surface area (Å²) in [5, 5.41) is 0. The third-order valence-corrected chi connectivity index (χ3v) is 3.17. The number of carbonyl (C=O) groups excluding carboxylic acids is 1. The van der Waals surface area contributed by atoms with Crippen molar-refractivity contribution in [3.05, 3.63) is 29.6 Å². The van der Waals surface area contributed by atoms with E-state index < -0.39 is 0 Å². The summed E-state index contributed by atoms with van der Waals surface area (Å²) >= 11 is 0. The van der Waals surface area contributed by atoms with E-state index in [0.29, 0.717) is 5.56 Å². The first-order valence-corrected chi connectivity index (χ1v) is 6.20. The van der Waals surface area contributed by atoms with Gasteiger partial charge in [-0.2, -0.15) is 0 Å². The van der Waals surface area contributed by atoms with Gasteiger partial charge in [-0.3, -0.25) is 9.88 Å². The maximum Gasteiger partial charge on any atom is 0.339 e. The molecule has 1 saturated heterocycles. The Labute approximate surface area is 107 Å². The second-order valence-electron chi connectivity index (χ2n) is 4.67. The summed E-state index contributed by atoms with van der Waals surface area (Å²) in [5.74, 6) is -0.353. The highest BCUT2D eigenvalue weighted by atomic mass is 16.5. The molecule has 0 saturated carbocycles. The van der Waals surface area contributed by atoms with Crippen molar-refractivity contribution in [2.45, 2.75) is 25.4 Å². The summed E-state index contributed by atoms with van der Waals surface area (Å²) in [6, 6.07) is 3.89. The summed E-state index contributed by atoms with van der Waals surface area (Å²) in [6.45, 7) is 2.77. The maximum absolute atomic E-state index is 11.3. The number of esters is 1. The van der Waals surface area contributed by atoms with Gasteiger partial charge in [-0.15, -0.1) is 0 Å². The Balaban J connectivity index is 1.95. The lowest BCUT2D eigenvalue weighted by Gasteiger charge is -2.30. The third kappa shape index (κ3) is 3.27. The Morgan fingerprint density at radius 1 is 1.61 bits per heavy atom. The minimum absolute atomic E-state index is 0.271. The van der Waals surface area contributed by atoms with Gasteiger partial charge in [0.25, 0.3) is 0 Å². The zero-order chi connectivity index (χ0) is 13.0. The SMILES string of the molecule is COC(=O)c1ccc(CN2CCC[C@@H](N)C2)nc1. The molecule has 5 heteroatoms. The number of carbonyl (C=O) groups is 1. The van der Waals surface area contributed by atoms with Crippen molar-refractivity contribution < 1.29 is 9.53 Å². The largest absolute Gasteiger partial charge is 0.465 e. The van der Waals surface area contributed by atoms with Crippen LogP contribution in [0.25, 0.3) is 0 Å². The van der Waals surface area contributed by atoms with Crippen molar-refractivity contribution in [3.8, 4) is 0 Å². The molecule has 2 rings (SSSR count). The van der Waals surface area contributed by atoms with Crippen molar-refractivity contribution in [2.75, 3.05) is 20.2 Å². The van der Waals surface area contributed by atoms with Gasteiger partial charge < -0.3 is 10.5 Å². The molecule has 0 aliphatic carbocycles. The third-order valence-electron chi connectivity index (χ3n) is 3.17. The van der Waals surface area contributed by atoms with E-state index in [1.54, 1.807) is 12.3 Å². The molecule has 18 heavy (non-hydrogen) atoms. The molecule has 1 aliphatic rings. The molecular formula is C13H19N3O2. The number of nitrogens with zero attached hydrogens (tertiary/aromatic N) is 2. The van der Waals surface area contributed by atoms with E-state index in [0.717, 1.165) is 38.2 Å². The van der Waals surface area contributed by atoms with Crippen LogP contribution < -0.4 is 5.73 Å². The summed E-state index contributed by atoms with van der Waals surface area (Å²) < 4.78 is 4.63. The first-order valence-electron chi connectivity index (χ1n) is 6.20. The molecule has 5 nitrogen and oxygen atoms in total. The van der Waals surface area contributed by atoms with E-state index in [-0.39, 0.29) is 12.0 Å². The molecule has 1 aliphatic heterocycles. The van der Waals surface area contributed by atoms with Crippen LogP contribution in [0.15, 0.2) is 18.3 Å². The van der Waals surface area contributed by atoms with E-state index in [4.69, 9.17) is 5.73 Å². The minimum Gasteiger partial charge on any atom is -0.465 e. The number of nitrogens with two attached hydrogens (primary N) is 1. The molecule has 0 bridgehead atoms. The molecule has 98 valence electrons. The van der Waals surface area contributed by atoms with Crippen LogP contribution in [0.1, 0.15) is 28.9 Å². The average Bonchev–Trinajstić information content (AvgIpc) is 2.39. The first kappa shape index (κ1) is 13.0. The van der Waals surface area contributed by atoms with Crippen LogP contribution in [0.5, 0.6) is 0 Å². The molecule has 2 N–H and O–H groups in total. The highest BCUT2D eigenvalue weighted by Crippen LogP contribution is 2.11. The molecule has 1 aromatic heterocycles. The quantitative estimate of drug-likeness (QED) is 0.802. The molecule has 1 atom stereocenters. The fourth-order valence-electron chi connectivity index (χ4n) is 2.22. The normalized spacial score (nSPS) is 20.7. The smallest absolute Gasteiger partial charge is 0.339 e. The minimum atomic E-state index is -0.353. The van der Waals surface area contributed by atoms with E-state index in [2.05, 4.69) is 14.6 Å². The predicted octanol–water partition coefficient (Wildman–Crippen LogP) is 0.791. The van der Waals surface area contributed by atoms with Crippen molar-refractivity contribution in [2.24, 2.45) is 5.73 Å². The Morgan fingerprint density at radius 3 is 3.06 bits per heavy atom. The number of hydrogen-bond donors (Lipinski definition) is 1. The van der Waals surface area contributed by atoms with E-state index in [1.165, 1.54) is 7.11 Å². The van der Waals surface area contributed by atoms with E-state index in [9.17, 15) is 4.79 Å². The van der Waals surface area contributed by atoms with E-state index in [1.807, 2.05) is 6.07 Å². The average molecular weight is 249 g/mol. The van der Waals surface area contributed by atoms with Crippen LogP contribution in [0.2, 0.25) is 0 Å². The van der Waals surface area contributed by atoms with Gasteiger partial charge >= 0.3 is 5.97 Å². The van der Waals surface area contributed by atoms with Gasteiger partial charge in [0.1, 0.15) is 0 Å². The molecule has 0 spiro atoms. The highest BCUT2D eigenvalue weighted by molar-refractivity contribution is 5.88. The molecule has 0 unspecified atom stereocenters. The van der Waals surface area contributed by atoms with Gasteiger partial charge in [-0.1, -0.05) is 0 Å². The van der Waals surface area contributed by atoms with Crippen molar-refractivity contribution in [3.63, 3.8) is 0 Å². The summed E-state index contributed by atoms with van der Waals surface area (Å²) in [7, 11) is 1.37. The Kier molecular flexibility index (Phi) is 4.28. The van der Waals surface area contributed by atoms with Gasteiger partial charge in [0, 0.05) is 25.3 Å². The zero-order valence-corrected chi connectivity index (χ0v) is 10.6. The number of methoxy groups -OCH3 is 1. The van der Waals surface area contributed by atoms with Crippen LogP contribution in [0.3, 0.4) is 0 Å². The lowest BCUT2D eigenvalue weighted by atomic mass is 10.1. The monoisotopic (exact) mass is 249 g/mol. The molecule has 2 heterocycles. The van der Waals surface area contributed by atoms with Gasteiger partial charge in [-0.25, -0.2) is 4.79 Å². The molecule has 1 fully saturated rings. The second kappa shape index (κ2) is 5.93. The highest BCUT2D eigenvalue weighted by Gasteiger charge is 2.17. The van der Waals surface area contributed by atoms with Crippen LogP contribution in [0.4, 0.5) is 0 Å². The number of ether oxygens (including phenoxy) is 1. The van der Waals surface area contributed by atoms with Crippen molar-refractivity contribution in [1.29, 1.82) is 0 Å². The summed E-state index contributed by atoms with van der Waals surface area (Å²) in [4.78, 5) is 17.9. The lowest BCUT2D eigenvalue weighted by molar-refractivity contribution is 0.0600. The first-order chi connectivity index (χ1) is 8.69. The summed E-state index contributed by atoms with van der Waals surface area (Å²) in [5.41, 5.74) is 7.38. The Hall–Kier alpha value is -1.46. The number of hydrogen-bond acceptors (Lipinski definition) is 5. The van der Waals surface area contributed by atoms with Gasteiger partial charge in [-0.05, 0) is 31.5 Å². The van der Waals surface area contributed by atoms with Gasteiger partial charge in [0.15, 0.2) is 0 Å². The molecule has 0 radical (unpaired) electrons. The van der Waals surface area contributed by atoms with Crippen molar-refractivity contribution >= 4 is 5.97 Å². The maximum atomic E-state index is 11.3. The number of pyridine rings is 1. The standard InChI is InChI=1S/C13H19N3O2/c1-18-13(17)10-4-5-12(15-7-10)9-16-6-2-3-11(14)8-16/h4-5,7,11H,2-3,6,8-9,14H2,1H3/t11-/m1/s1. The second-order valence-corrected chi connectivity index (χ2v) is 4.67. The topological polar surface area (TPSA) is 68.5 Å². The number of piperidine rings is 1. The Morgan fingerprint density at radius 2 is 2.44 bits per heavy atom. The molecule has 0 aromatic carbocycles. The number of aromatic nitrogens is 1. The Bertz CT molecular complexity index is 405. The summed E-state index contributed by atoms with van der Waals surface area (Å²) in [6.07, 6.45) is 3.80. The zero-order valence-electron chi connectivity index (χ0n) is 10.6. The predicted molar refractivity (Wildman–Crippen MR) is 68.1 cm³/mol. The van der Waals surface area contributed by atoms with Gasteiger partial charge in [0.2, 0.25) is 0 Å².